The lowest BCUT2D eigenvalue weighted by atomic mass is 10.1. The van der Waals surface area contributed by atoms with E-state index in [-0.39, 0.29) is 6.61 Å². The molecule has 128 valence electrons. The number of phosphoric ester groups is 1. The number of phosphoric acid groups is 1. The zero-order valence-corrected chi connectivity index (χ0v) is 16.1. The van der Waals surface area contributed by atoms with Gasteiger partial charge >= 0.3 is 0 Å². The van der Waals surface area contributed by atoms with Crippen molar-refractivity contribution in [3.8, 4) is 0 Å². The van der Waals surface area contributed by atoms with E-state index in [2.05, 4.69) is 20.9 Å². The molecular formula is C13H17BrClN2O5P. The summed E-state index contributed by atoms with van der Waals surface area (Å²) in [4.78, 5) is 24.5. The van der Waals surface area contributed by atoms with Gasteiger partial charge in [-0.2, -0.15) is 0 Å². The van der Waals surface area contributed by atoms with Crippen LogP contribution in [0.5, 0.6) is 0 Å². The molecule has 0 saturated heterocycles. The van der Waals surface area contributed by atoms with Crippen LogP contribution in [-0.4, -0.2) is 49.9 Å². The number of benzene rings is 1. The third-order valence-electron chi connectivity index (χ3n) is 3.12. The van der Waals surface area contributed by atoms with Crippen molar-refractivity contribution in [1.29, 1.82) is 0 Å². The fraction of sp³-hybridized carbons (Fsp3) is 0.462. The van der Waals surface area contributed by atoms with Crippen LogP contribution in [0.25, 0.3) is 0 Å². The molecule has 1 aliphatic heterocycles. The third kappa shape index (κ3) is 4.84. The Kier molecular flexibility index (Phi) is 5.41. The van der Waals surface area contributed by atoms with Gasteiger partial charge in [0.1, 0.15) is 6.54 Å². The first-order valence-electron chi connectivity index (χ1n) is 6.66. The number of quaternary nitrogens is 1. The number of hydrogen-bond acceptors (Lipinski definition) is 5. The Morgan fingerprint density at radius 2 is 2.13 bits per heavy atom. The molecule has 2 unspecified atom stereocenters. The van der Waals surface area contributed by atoms with Gasteiger partial charge in [-0.3, -0.25) is 14.1 Å². The van der Waals surface area contributed by atoms with Gasteiger partial charge < -0.3 is 19.0 Å². The molecule has 7 nitrogen and oxygen atoms in total. The second-order valence-corrected chi connectivity index (χ2v) is 8.51. The monoisotopic (exact) mass is 426 g/mol. The first-order chi connectivity index (χ1) is 10.4. The van der Waals surface area contributed by atoms with Crippen LogP contribution in [0.4, 0.5) is 5.69 Å². The summed E-state index contributed by atoms with van der Waals surface area (Å²) in [5.74, 6) is -1.80. The lowest BCUT2D eigenvalue weighted by Crippen LogP contribution is -2.41. The van der Waals surface area contributed by atoms with Crippen molar-refractivity contribution in [3.05, 3.63) is 27.2 Å². The van der Waals surface area contributed by atoms with Gasteiger partial charge in [-0.1, -0.05) is 11.6 Å². The molecule has 10 heteroatoms. The zero-order valence-electron chi connectivity index (χ0n) is 12.8. The summed E-state index contributed by atoms with van der Waals surface area (Å²) in [6.45, 7) is 0.785. The van der Waals surface area contributed by atoms with Gasteiger partial charge in [0.2, 0.25) is 5.79 Å². The van der Waals surface area contributed by atoms with Gasteiger partial charge in [0.15, 0.2) is 0 Å². The second-order valence-electron chi connectivity index (χ2n) is 6.13. The van der Waals surface area contributed by atoms with E-state index in [1.807, 2.05) is 21.1 Å². The van der Waals surface area contributed by atoms with E-state index in [1.54, 1.807) is 12.1 Å². The first kappa shape index (κ1) is 19.0. The van der Waals surface area contributed by atoms with Crippen LogP contribution in [0.3, 0.4) is 0 Å². The van der Waals surface area contributed by atoms with Crippen molar-refractivity contribution in [2.24, 2.45) is 4.99 Å². The first-order valence-corrected chi connectivity index (χ1v) is 9.32. The van der Waals surface area contributed by atoms with E-state index in [9.17, 15) is 9.46 Å². The van der Waals surface area contributed by atoms with Crippen LogP contribution >= 0.6 is 35.4 Å². The summed E-state index contributed by atoms with van der Waals surface area (Å²) in [5.41, 5.74) is 0.761. The summed E-state index contributed by atoms with van der Waals surface area (Å²) in [6.07, 6.45) is 1.21. The van der Waals surface area contributed by atoms with E-state index in [0.717, 1.165) is 0 Å². The van der Waals surface area contributed by atoms with Crippen molar-refractivity contribution in [3.63, 3.8) is 0 Å². The molecule has 23 heavy (non-hydrogen) atoms. The normalized spacial score (nSPS) is 22.9. The highest BCUT2D eigenvalue weighted by atomic mass is 79.9. The topological polar surface area (TPSA) is 91.2 Å². The highest BCUT2D eigenvalue weighted by molar-refractivity contribution is 9.10. The van der Waals surface area contributed by atoms with Crippen LogP contribution in [0.2, 0.25) is 5.02 Å². The van der Waals surface area contributed by atoms with Crippen molar-refractivity contribution >= 4 is 47.3 Å². The number of ether oxygens (including phenoxy) is 1. The molecule has 0 fully saturated rings. The number of halogens is 2. The molecule has 0 aliphatic carbocycles. The molecular weight excluding hydrogens is 410 g/mol. The Morgan fingerprint density at radius 1 is 1.48 bits per heavy atom. The molecule has 0 saturated carbocycles. The molecule has 2 atom stereocenters. The molecule has 1 N–H and O–H groups in total. The van der Waals surface area contributed by atoms with Gasteiger partial charge in [0.05, 0.1) is 44.7 Å². The van der Waals surface area contributed by atoms with Crippen LogP contribution in [0.15, 0.2) is 21.6 Å². The number of nitrogens with zero attached hydrogens (tertiary/aromatic N) is 2. The Balaban J connectivity index is 2.37. The number of likely N-dealkylation sites (N-methyl/N-ethyl adjacent to an activating group) is 1. The number of aliphatic imine (C=N–C) groups is 1. The summed E-state index contributed by atoms with van der Waals surface area (Å²) < 4.78 is 23.0. The zero-order chi connectivity index (χ0) is 17.5. The van der Waals surface area contributed by atoms with Crippen LogP contribution in [-0.2, 0) is 19.6 Å². The largest absolute Gasteiger partial charge is 0.756 e. The van der Waals surface area contributed by atoms with Crippen LogP contribution < -0.4 is 4.89 Å². The lowest BCUT2D eigenvalue weighted by Gasteiger charge is -2.33. The predicted octanol–water partition coefficient (Wildman–Crippen LogP) is 2.17. The molecule has 1 aromatic rings. The lowest BCUT2D eigenvalue weighted by molar-refractivity contribution is -0.871. The minimum atomic E-state index is -5.06. The molecule has 0 spiro atoms. The standard InChI is InChI=1S/C13H17BrClN2O5P/c1-17(2,3)4-5-21-13(22-23(18,19)20)8-16-12-7-11(15)10(14)6-9(12)13/h6-8H,4-5H2,1-3H3,(H-,18,19,20). The van der Waals surface area contributed by atoms with Gasteiger partial charge in [0, 0.05) is 10.0 Å². The minimum absolute atomic E-state index is 0.190. The Morgan fingerprint density at radius 3 is 2.70 bits per heavy atom. The predicted molar refractivity (Wildman–Crippen MR) is 88.7 cm³/mol. The molecule has 1 aliphatic rings. The summed E-state index contributed by atoms with van der Waals surface area (Å²) in [5, 5.41) is 0.414. The smallest absolute Gasteiger partial charge is 0.268 e. The summed E-state index contributed by atoms with van der Waals surface area (Å²) in [6, 6.07) is 3.12. The fourth-order valence-electron chi connectivity index (χ4n) is 2.00. The molecule has 0 bridgehead atoms. The SMILES string of the molecule is C[N+](C)(C)CCOC1(OP(=O)([O-])O)C=Nc2cc(Cl)c(Br)cc21. The average molecular weight is 428 g/mol. The van der Waals surface area contributed by atoms with E-state index in [0.29, 0.717) is 31.8 Å². The van der Waals surface area contributed by atoms with E-state index >= 15 is 0 Å². The van der Waals surface area contributed by atoms with E-state index in [1.165, 1.54) is 6.21 Å². The average Bonchev–Trinajstić information content (AvgIpc) is 2.65. The summed E-state index contributed by atoms with van der Waals surface area (Å²) >= 11 is 9.28. The Hall–Kier alpha value is -0.310. The molecule has 1 heterocycles. The molecule has 0 radical (unpaired) electrons. The maximum absolute atomic E-state index is 11.3. The van der Waals surface area contributed by atoms with Crippen molar-refractivity contribution in [2.45, 2.75) is 5.79 Å². The summed E-state index contributed by atoms with van der Waals surface area (Å²) in [7, 11) is 0.837. The van der Waals surface area contributed by atoms with Crippen LogP contribution in [0, 0.1) is 0 Å². The minimum Gasteiger partial charge on any atom is -0.756 e. The maximum Gasteiger partial charge on any atom is 0.268 e. The van der Waals surface area contributed by atoms with E-state index in [4.69, 9.17) is 25.8 Å². The quantitative estimate of drug-likeness (QED) is 0.427. The Bertz CT molecular complexity index is 688. The third-order valence-corrected chi connectivity index (χ3v) is 4.82. The molecule has 1 aromatic carbocycles. The maximum atomic E-state index is 11.3. The van der Waals surface area contributed by atoms with Gasteiger partial charge in [-0.25, -0.2) is 0 Å². The highest BCUT2D eigenvalue weighted by Gasteiger charge is 2.42. The molecule has 0 amide bonds. The molecule has 0 aromatic heterocycles. The number of fused-ring (bicyclic) bond motifs is 1. The number of hydrogen-bond donors (Lipinski definition) is 1. The van der Waals surface area contributed by atoms with Gasteiger partial charge in [-0.05, 0) is 28.1 Å². The van der Waals surface area contributed by atoms with Gasteiger partial charge in [-0.15, -0.1) is 0 Å². The van der Waals surface area contributed by atoms with Crippen LogP contribution in [0.1, 0.15) is 5.56 Å². The fourth-order valence-corrected chi connectivity index (χ4v) is 3.05. The van der Waals surface area contributed by atoms with Crippen molar-refractivity contribution in [1.82, 2.24) is 0 Å². The number of rotatable bonds is 6. The van der Waals surface area contributed by atoms with Crippen molar-refractivity contribution in [2.75, 3.05) is 34.3 Å². The highest BCUT2D eigenvalue weighted by Crippen LogP contribution is 2.49. The van der Waals surface area contributed by atoms with Gasteiger partial charge in [0.25, 0.3) is 7.82 Å². The molecule has 2 rings (SSSR count). The van der Waals surface area contributed by atoms with Crippen molar-refractivity contribution < 1.29 is 28.1 Å². The van der Waals surface area contributed by atoms with E-state index < -0.39 is 13.6 Å². The Labute approximate surface area is 147 Å². The second kappa shape index (κ2) is 6.54.